The maximum absolute atomic E-state index is 3.63. The van der Waals surface area contributed by atoms with Crippen molar-refractivity contribution < 1.29 is 0 Å². The lowest BCUT2D eigenvalue weighted by Gasteiger charge is -2.32. The van der Waals surface area contributed by atoms with E-state index in [2.05, 4.69) is 39.5 Å². The molecule has 2 aliphatic heterocycles. The van der Waals surface area contributed by atoms with E-state index in [9.17, 15) is 0 Å². The summed E-state index contributed by atoms with van der Waals surface area (Å²) in [5.41, 5.74) is 4.31. The number of rotatable bonds is 2. The first kappa shape index (κ1) is 12.4. The molecule has 0 radical (unpaired) electrons. The predicted octanol–water partition coefficient (Wildman–Crippen LogP) is 2.53. The summed E-state index contributed by atoms with van der Waals surface area (Å²) < 4.78 is 0. The maximum atomic E-state index is 3.63. The van der Waals surface area contributed by atoms with Gasteiger partial charge in [0.15, 0.2) is 0 Å². The Morgan fingerprint density at radius 1 is 1.15 bits per heavy atom. The summed E-state index contributed by atoms with van der Waals surface area (Å²) in [5.74, 6) is 0.891. The number of H-pyrrole nitrogens is 1. The summed E-state index contributed by atoms with van der Waals surface area (Å²) in [6.45, 7) is 6.01. The molecular formula is C17H23N3. The Morgan fingerprint density at radius 3 is 2.90 bits per heavy atom. The molecule has 1 fully saturated rings. The molecule has 1 saturated heterocycles. The maximum Gasteiger partial charge on any atom is 0.0459 e. The van der Waals surface area contributed by atoms with Crippen LogP contribution in [-0.2, 0) is 13.0 Å². The van der Waals surface area contributed by atoms with Crippen molar-refractivity contribution >= 4 is 10.9 Å². The summed E-state index contributed by atoms with van der Waals surface area (Å²) in [6, 6.07) is 8.73. The van der Waals surface area contributed by atoms with Crippen molar-refractivity contribution in [2.45, 2.75) is 25.8 Å². The van der Waals surface area contributed by atoms with E-state index in [1.807, 2.05) is 0 Å². The Labute approximate surface area is 120 Å². The molecule has 3 nitrogen and oxygen atoms in total. The first-order valence-corrected chi connectivity index (χ1v) is 7.91. The molecule has 3 heteroatoms. The molecule has 0 saturated carbocycles. The molecule has 0 bridgehead atoms. The molecule has 0 aliphatic carbocycles. The molecule has 1 aromatic carbocycles. The van der Waals surface area contributed by atoms with Gasteiger partial charge in [0.2, 0.25) is 0 Å². The van der Waals surface area contributed by atoms with Crippen LogP contribution in [0, 0.1) is 5.92 Å². The number of aromatic nitrogens is 1. The highest BCUT2D eigenvalue weighted by Crippen LogP contribution is 2.28. The molecular weight excluding hydrogens is 246 g/mol. The van der Waals surface area contributed by atoms with Crippen molar-refractivity contribution in [1.82, 2.24) is 15.2 Å². The molecule has 106 valence electrons. The quantitative estimate of drug-likeness (QED) is 0.878. The van der Waals surface area contributed by atoms with Crippen LogP contribution in [0.4, 0.5) is 0 Å². The zero-order chi connectivity index (χ0) is 13.4. The van der Waals surface area contributed by atoms with E-state index < -0.39 is 0 Å². The van der Waals surface area contributed by atoms with Gasteiger partial charge in [0, 0.05) is 36.2 Å². The molecule has 0 spiro atoms. The van der Waals surface area contributed by atoms with Crippen LogP contribution >= 0.6 is 0 Å². The summed E-state index contributed by atoms with van der Waals surface area (Å²) in [5, 5.41) is 4.89. The Hall–Kier alpha value is -1.32. The Kier molecular flexibility index (Phi) is 3.25. The van der Waals surface area contributed by atoms with E-state index in [1.54, 1.807) is 5.56 Å². The predicted molar refractivity (Wildman–Crippen MR) is 82.9 cm³/mol. The van der Waals surface area contributed by atoms with Crippen molar-refractivity contribution in [1.29, 1.82) is 0 Å². The summed E-state index contributed by atoms with van der Waals surface area (Å²) in [7, 11) is 0. The van der Waals surface area contributed by atoms with Crippen molar-refractivity contribution in [2.75, 3.05) is 26.2 Å². The summed E-state index contributed by atoms with van der Waals surface area (Å²) in [4.78, 5) is 6.28. The van der Waals surface area contributed by atoms with Crippen molar-refractivity contribution in [3.8, 4) is 0 Å². The minimum absolute atomic E-state index is 0.891. The second-order valence-corrected chi connectivity index (χ2v) is 6.31. The SMILES string of the molecule is c1ccc2c3c([nH]c2c1)CN(CC1CCNCC1)CC3. The molecule has 2 N–H and O–H groups in total. The number of hydrogen-bond donors (Lipinski definition) is 2. The fourth-order valence-corrected chi connectivity index (χ4v) is 3.83. The second kappa shape index (κ2) is 5.23. The molecule has 4 rings (SSSR count). The standard InChI is InChI=1S/C17H23N3/c1-2-4-16-14(3-1)15-7-10-20(12-17(15)19-16)11-13-5-8-18-9-6-13/h1-4,13,18-19H,5-12H2. The zero-order valence-electron chi connectivity index (χ0n) is 12.0. The van der Waals surface area contributed by atoms with Crippen LogP contribution in [-0.4, -0.2) is 36.1 Å². The van der Waals surface area contributed by atoms with Crippen LogP contribution in [0.1, 0.15) is 24.1 Å². The fourth-order valence-electron chi connectivity index (χ4n) is 3.83. The van der Waals surface area contributed by atoms with Crippen LogP contribution < -0.4 is 5.32 Å². The highest BCUT2D eigenvalue weighted by molar-refractivity contribution is 5.84. The molecule has 20 heavy (non-hydrogen) atoms. The van der Waals surface area contributed by atoms with Gasteiger partial charge in [0.25, 0.3) is 0 Å². The van der Waals surface area contributed by atoms with Gasteiger partial charge < -0.3 is 10.3 Å². The average Bonchev–Trinajstić information content (AvgIpc) is 2.86. The van der Waals surface area contributed by atoms with Gasteiger partial charge in [-0.3, -0.25) is 4.90 Å². The summed E-state index contributed by atoms with van der Waals surface area (Å²) >= 11 is 0. The topological polar surface area (TPSA) is 31.1 Å². The number of nitrogens with zero attached hydrogens (tertiary/aromatic N) is 1. The summed E-state index contributed by atoms with van der Waals surface area (Å²) in [6.07, 6.45) is 3.89. The van der Waals surface area contributed by atoms with E-state index in [4.69, 9.17) is 0 Å². The first-order chi connectivity index (χ1) is 9.90. The monoisotopic (exact) mass is 269 g/mol. The number of aromatic amines is 1. The van der Waals surface area contributed by atoms with Gasteiger partial charge in [-0.25, -0.2) is 0 Å². The minimum atomic E-state index is 0.891. The lowest BCUT2D eigenvalue weighted by Crippen LogP contribution is -2.38. The van der Waals surface area contributed by atoms with Gasteiger partial charge in [0.05, 0.1) is 0 Å². The molecule has 1 aromatic heterocycles. The van der Waals surface area contributed by atoms with Gasteiger partial charge in [-0.2, -0.15) is 0 Å². The molecule has 0 amide bonds. The van der Waals surface area contributed by atoms with Gasteiger partial charge in [-0.1, -0.05) is 18.2 Å². The number of piperidine rings is 1. The Morgan fingerprint density at radius 2 is 2.00 bits per heavy atom. The van der Waals surface area contributed by atoms with Gasteiger partial charge in [-0.15, -0.1) is 0 Å². The lowest BCUT2D eigenvalue weighted by molar-refractivity contribution is 0.190. The second-order valence-electron chi connectivity index (χ2n) is 6.31. The Balaban J connectivity index is 1.51. The number of benzene rings is 1. The third-order valence-electron chi connectivity index (χ3n) is 4.94. The number of para-hydroxylation sites is 1. The lowest BCUT2D eigenvalue weighted by atomic mass is 9.96. The van der Waals surface area contributed by atoms with Crippen LogP contribution in [0.3, 0.4) is 0 Å². The van der Waals surface area contributed by atoms with Gasteiger partial charge in [0.1, 0.15) is 0 Å². The number of fused-ring (bicyclic) bond motifs is 3. The smallest absolute Gasteiger partial charge is 0.0459 e. The number of hydrogen-bond acceptors (Lipinski definition) is 2. The van der Waals surface area contributed by atoms with Gasteiger partial charge in [-0.05, 0) is 49.9 Å². The third-order valence-corrected chi connectivity index (χ3v) is 4.94. The van der Waals surface area contributed by atoms with E-state index in [0.717, 1.165) is 12.5 Å². The van der Waals surface area contributed by atoms with Crippen LogP contribution in [0.25, 0.3) is 10.9 Å². The molecule has 3 heterocycles. The highest BCUT2D eigenvalue weighted by Gasteiger charge is 2.23. The average molecular weight is 269 g/mol. The highest BCUT2D eigenvalue weighted by atomic mass is 15.1. The third kappa shape index (κ3) is 2.25. The van der Waals surface area contributed by atoms with E-state index in [0.29, 0.717) is 0 Å². The van der Waals surface area contributed by atoms with Crippen molar-refractivity contribution in [2.24, 2.45) is 5.92 Å². The van der Waals surface area contributed by atoms with Gasteiger partial charge >= 0.3 is 0 Å². The molecule has 0 unspecified atom stereocenters. The van der Waals surface area contributed by atoms with Crippen LogP contribution in [0.15, 0.2) is 24.3 Å². The molecule has 2 aromatic rings. The molecule has 2 aliphatic rings. The molecule has 0 atom stereocenters. The van der Waals surface area contributed by atoms with Crippen LogP contribution in [0.5, 0.6) is 0 Å². The zero-order valence-corrected chi connectivity index (χ0v) is 12.0. The Bertz CT molecular complexity index is 595. The first-order valence-electron chi connectivity index (χ1n) is 7.91. The largest absolute Gasteiger partial charge is 0.357 e. The fraction of sp³-hybridized carbons (Fsp3) is 0.529. The number of nitrogens with one attached hydrogen (secondary N) is 2. The normalized spacial score (nSPS) is 21.2. The van der Waals surface area contributed by atoms with E-state index in [1.165, 1.54) is 62.0 Å². The van der Waals surface area contributed by atoms with Crippen LogP contribution in [0.2, 0.25) is 0 Å². The van der Waals surface area contributed by atoms with E-state index in [-0.39, 0.29) is 0 Å². The van der Waals surface area contributed by atoms with E-state index >= 15 is 0 Å². The minimum Gasteiger partial charge on any atom is -0.357 e. The van der Waals surface area contributed by atoms with Crippen molar-refractivity contribution in [3.63, 3.8) is 0 Å². The van der Waals surface area contributed by atoms with Crippen molar-refractivity contribution in [3.05, 3.63) is 35.5 Å².